The smallest absolute Gasteiger partial charge is 0.160 e. The van der Waals surface area contributed by atoms with Crippen molar-refractivity contribution in [1.29, 1.82) is 0 Å². The van der Waals surface area contributed by atoms with Crippen LogP contribution in [0.2, 0.25) is 0 Å². The maximum Gasteiger partial charge on any atom is 0.160 e. The van der Waals surface area contributed by atoms with E-state index >= 15 is 0 Å². The molecule has 65 heavy (non-hydrogen) atoms. The van der Waals surface area contributed by atoms with E-state index in [4.69, 9.17) is 14.4 Å². The Hall–Kier alpha value is -8.34. The summed E-state index contributed by atoms with van der Waals surface area (Å²) in [6, 6.07) is 74.0. The molecule has 0 amide bonds. The van der Waals surface area contributed by atoms with E-state index in [9.17, 15) is 0 Å². The number of hydrogen-bond acceptors (Lipinski definition) is 3. The average Bonchev–Trinajstić information content (AvgIpc) is 3.89. The molecule has 10 aromatic carbocycles. The fraction of sp³-hybridized carbons (Fsp3) is 0.0492. The van der Waals surface area contributed by atoms with Crippen LogP contribution in [-0.4, -0.2) is 16.1 Å². The zero-order valence-corrected chi connectivity index (χ0v) is 35.7. The Morgan fingerprint density at radius 2 is 1.06 bits per heavy atom. The Morgan fingerprint density at radius 3 is 1.88 bits per heavy atom. The number of nitrogens with zero attached hydrogens (tertiary/aromatic N) is 3. The first-order valence-corrected chi connectivity index (χ1v) is 22.5. The van der Waals surface area contributed by atoms with Gasteiger partial charge in [0.2, 0.25) is 0 Å². The molecule has 1 unspecified atom stereocenters. The number of allylic oxidation sites excluding steroid dienone is 1. The minimum Gasteiger partial charge on any atom is -0.456 e. The maximum atomic E-state index is 6.68. The molecule has 2 aromatic heterocycles. The van der Waals surface area contributed by atoms with Crippen molar-refractivity contribution in [3.05, 3.63) is 229 Å². The molecule has 3 heterocycles. The number of rotatable bonds is 5. The van der Waals surface area contributed by atoms with E-state index in [-0.39, 0.29) is 5.92 Å². The molecular formula is C61H41N3O. The van der Waals surface area contributed by atoms with Gasteiger partial charge < -0.3 is 8.98 Å². The molecule has 0 spiro atoms. The molecule has 12 aromatic rings. The summed E-state index contributed by atoms with van der Waals surface area (Å²) in [7, 11) is 0. The highest BCUT2D eigenvalue weighted by atomic mass is 16.3. The normalized spacial score (nSPS) is 17.0. The summed E-state index contributed by atoms with van der Waals surface area (Å²) in [6.07, 6.45) is 3.09. The largest absolute Gasteiger partial charge is 0.456 e. The molecule has 4 nitrogen and oxygen atoms in total. The molecular weight excluding hydrogens is 791 g/mol. The predicted octanol–water partition coefficient (Wildman–Crippen LogP) is 16.1. The molecule has 0 bridgehead atoms. The lowest BCUT2D eigenvalue weighted by molar-refractivity contribution is 0.668. The van der Waals surface area contributed by atoms with Crippen molar-refractivity contribution >= 4 is 93.3 Å². The Balaban J connectivity index is 1.10. The van der Waals surface area contributed by atoms with Crippen molar-refractivity contribution in [3.63, 3.8) is 0 Å². The van der Waals surface area contributed by atoms with Gasteiger partial charge in [-0.3, -0.25) is 0 Å². The van der Waals surface area contributed by atoms with Gasteiger partial charge in [0.1, 0.15) is 11.2 Å². The minimum atomic E-state index is 0.0753. The summed E-state index contributed by atoms with van der Waals surface area (Å²) in [5.41, 5.74) is 12.3. The van der Waals surface area contributed by atoms with Crippen LogP contribution in [0, 0.1) is 5.92 Å². The van der Waals surface area contributed by atoms with Gasteiger partial charge in [0.15, 0.2) is 5.84 Å². The van der Waals surface area contributed by atoms with Gasteiger partial charge in [-0.25, -0.2) is 9.98 Å². The van der Waals surface area contributed by atoms with Crippen LogP contribution in [0.1, 0.15) is 30.0 Å². The molecule has 0 saturated carbocycles. The zero-order chi connectivity index (χ0) is 43.0. The monoisotopic (exact) mass is 831 g/mol. The summed E-state index contributed by atoms with van der Waals surface area (Å²) >= 11 is 0. The van der Waals surface area contributed by atoms with E-state index in [0.29, 0.717) is 5.84 Å². The lowest BCUT2D eigenvalue weighted by atomic mass is 9.91. The number of amidine groups is 1. The quantitative estimate of drug-likeness (QED) is 0.159. The maximum absolute atomic E-state index is 6.68. The molecule has 1 aliphatic rings. The SMILES string of the molecule is CC1C/C=C(c2cc3c(cc2-n2c4ccccc4c4cc5ccccc5cc42)oc2ccccc23)/N=C(c2cc3ccccc3c3ccccc23)\N=C/1c1ccc(-c2ccccc2)cc1. The van der Waals surface area contributed by atoms with Crippen molar-refractivity contribution in [1.82, 2.24) is 4.57 Å². The molecule has 1 aliphatic heterocycles. The molecule has 4 heteroatoms. The highest BCUT2D eigenvalue weighted by Crippen LogP contribution is 2.42. The van der Waals surface area contributed by atoms with Gasteiger partial charge in [0.05, 0.1) is 28.1 Å². The van der Waals surface area contributed by atoms with Crippen molar-refractivity contribution in [2.75, 3.05) is 0 Å². The van der Waals surface area contributed by atoms with Crippen LogP contribution in [-0.2, 0) is 0 Å². The molecule has 0 radical (unpaired) electrons. The van der Waals surface area contributed by atoms with Crippen LogP contribution in [0.5, 0.6) is 0 Å². The molecule has 13 rings (SSSR count). The van der Waals surface area contributed by atoms with E-state index in [1.165, 1.54) is 43.4 Å². The van der Waals surface area contributed by atoms with Crippen molar-refractivity contribution < 1.29 is 4.42 Å². The second-order valence-corrected chi connectivity index (χ2v) is 17.3. The van der Waals surface area contributed by atoms with Crippen molar-refractivity contribution in [2.24, 2.45) is 15.9 Å². The van der Waals surface area contributed by atoms with E-state index < -0.39 is 0 Å². The topological polar surface area (TPSA) is 42.8 Å². The number of para-hydroxylation sites is 2. The Morgan fingerprint density at radius 1 is 0.431 bits per heavy atom. The van der Waals surface area contributed by atoms with Gasteiger partial charge in [-0.2, -0.15) is 0 Å². The van der Waals surface area contributed by atoms with Crippen LogP contribution in [0.3, 0.4) is 0 Å². The fourth-order valence-electron chi connectivity index (χ4n) is 10.2. The Bertz CT molecular complexity index is 3980. The minimum absolute atomic E-state index is 0.0753. The van der Waals surface area contributed by atoms with Crippen molar-refractivity contribution in [2.45, 2.75) is 13.3 Å². The first-order chi connectivity index (χ1) is 32.1. The third-order valence-electron chi connectivity index (χ3n) is 13.4. The van der Waals surface area contributed by atoms with Gasteiger partial charge in [-0.05, 0) is 91.8 Å². The van der Waals surface area contributed by atoms with Crippen LogP contribution < -0.4 is 0 Å². The molecule has 306 valence electrons. The predicted molar refractivity (Wildman–Crippen MR) is 274 cm³/mol. The van der Waals surface area contributed by atoms with Gasteiger partial charge in [0, 0.05) is 44.7 Å². The standard InChI is InChI=1S/C61H41N3O/c1-38-27-32-54(62-61(52-34-44-19-7-8-20-45(44)46-21-9-10-22-47(46)52)63-60(38)41-30-28-40(29-31-41)39-15-3-2-4-16-39)53-36-51-49-24-12-14-26-58(49)65-59(51)37-57(53)64-55-25-13-11-23-48(55)50-33-42-17-5-6-18-43(42)35-56(50)64/h2-26,28-38H,27H2,1H3/b54-32+,62-61-,63-60+. The van der Waals surface area contributed by atoms with E-state index in [2.05, 4.69) is 218 Å². The Kier molecular flexibility index (Phi) is 8.53. The first kappa shape index (κ1) is 37.2. The van der Waals surface area contributed by atoms with Crippen LogP contribution in [0.15, 0.2) is 227 Å². The van der Waals surface area contributed by atoms with Gasteiger partial charge in [0.25, 0.3) is 0 Å². The number of benzene rings is 10. The summed E-state index contributed by atoms with van der Waals surface area (Å²) in [6.45, 7) is 2.30. The van der Waals surface area contributed by atoms with Gasteiger partial charge >= 0.3 is 0 Å². The lowest BCUT2D eigenvalue weighted by Gasteiger charge is -2.21. The van der Waals surface area contributed by atoms with Crippen LogP contribution in [0.25, 0.3) is 98.6 Å². The van der Waals surface area contributed by atoms with Gasteiger partial charge in [-0.1, -0.05) is 177 Å². The summed E-state index contributed by atoms with van der Waals surface area (Å²) in [5, 5.41) is 11.6. The highest BCUT2D eigenvalue weighted by molar-refractivity contribution is 6.23. The third kappa shape index (κ3) is 6.13. The summed E-state index contributed by atoms with van der Waals surface area (Å²) < 4.78 is 9.10. The fourth-order valence-corrected chi connectivity index (χ4v) is 10.2. The molecule has 0 fully saturated rings. The lowest BCUT2D eigenvalue weighted by Crippen LogP contribution is -2.17. The summed E-state index contributed by atoms with van der Waals surface area (Å²) in [5.74, 6) is 0.759. The number of aromatic nitrogens is 1. The van der Waals surface area contributed by atoms with Gasteiger partial charge in [-0.15, -0.1) is 0 Å². The number of fused-ring (bicyclic) bond motifs is 10. The number of furan rings is 1. The zero-order valence-electron chi connectivity index (χ0n) is 35.7. The third-order valence-corrected chi connectivity index (χ3v) is 13.4. The molecule has 1 atom stereocenters. The second kappa shape index (κ2) is 14.9. The highest BCUT2D eigenvalue weighted by Gasteiger charge is 2.25. The molecule has 0 aliphatic carbocycles. The van der Waals surface area contributed by atoms with Crippen molar-refractivity contribution in [3.8, 4) is 16.8 Å². The number of hydrogen-bond donors (Lipinski definition) is 0. The Labute approximate surface area is 375 Å². The van der Waals surface area contributed by atoms with Crippen LogP contribution >= 0.6 is 0 Å². The average molecular weight is 832 g/mol. The first-order valence-electron chi connectivity index (χ1n) is 22.5. The van der Waals surface area contributed by atoms with E-state index in [1.807, 2.05) is 6.07 Å². The van der Waals surface area contributed by atoms with E-state index in [0.717, 1.165) is 84.0 Å². The summed E-state index contributed by atoms with van der Waals surface area (Å²) in [4.78, 5) is 11.5. The number of aliphatic imine (C=N–C) groups is 2. The van der Waals surface area contributed by atoms with Crippen LogP contribution in [0.4, 0.5) is 0 Å². The molecule has 0 N–H and O–H groups in total. The van der Waals surface area contributed by atoms with E-state index in [1.54, 1.807) is 0 Å². The second-order valence-electron chi connectivity index (χ2n) is 17.3. The molecule has 0 saturated heterocycles.